The van der Waals surface area contributed by atoms with Crippen molar-refractivity contribution in [2.24, 2.45) is 17.3 Å². The normalized spacial score (nSPS) is 39.8. The molecule has 1 spiro atoms. The standard InChI is InChI=1S/C17H30NO/c1-13(2)14-3-5-15(6-4-14)18-11-17(12-18)9-7-16(19)8-10-17/h13-14,16,19H,3-12H2,1-2H3/q+1. The molecule has 108 valence electrons. The van der Waals surface area contributed by atoms with Crippen LogP contribution in [0.5, 0.6) is 0 Å². The molecule has 0 bridgehead atoms. The van der Waals surface area contributed by atoms with Crippen molar-refractivity contribution < 1.29 is 9.68 Å². The molecule has 0 aromatic carbocycles. The molecule has 0 aromatic rings. The minimum absolute atomic E-state index is 0.00573. The SMILES string of the molecule is CC(C)C1CCC(=[N+]2CC3(CCC(O)CC3)C2)CC1. The second-order valence-corrected chi connectivity index (χ2v) is 7.73. The van der Waals surface area contributed by atoms with Gasteiger partial charge in [0.15, 0.2) is 18.8 Å². The van der Waals surface area contributed by atoms with Gasteiger partial charge in [0, 0.05) is 12.8 Å². The van der Waals surface area contributed by atoms with Gasteiger partial charge in [-0.25, -0.2) is 4.58 Å². The highest BCUT2D eigenvalue weighted by Crippen LogP contribution is 2.43. The van der Waals surface area contributed by atoms with E-state index in [9.17, 15) is 5.11 Å². The van der Waals surface area contributed by atoms with Crippen LogP contribution in [0.25, 0.3) is 0 Å². The van der Waals surface area contributed by atoms with Gasteiger partial charge in [-0.05, 0) is 50.4 Å². The lowest BCUT2D eigenvalue weighted by Gasteiger charge is -2.43. The van der Waals surface area contributed by atoms with E-state index < -0.39 is 0 Å². The molecule has 1 saturated heterocycles. The summed E-state index contributed by atoms with van der Waals surface area (Å²) in [5.74, 6) is 1.83. The van der Waals surface area contributed by atoms with Gasteiger partial charge in [-0.1, -0.05) is 13.8 Å². The monoisotopic (exact) mass is 264 g/mol. The van der Waals surface area contributed by atoms with Crippen molar-refractivity contribution in [1.82, 2.24) is 0 Å². The third-order valence-corrected chi connectivity index (χ3v) is 6.07. The lowest BCUT2D eigenvalue weighted by molar-refractivity contribution is -0.632. The summed E-state index contributed by atoms with van der Waals surface area (Å²) in [4.78, 5) is 0. The zero-order valence-corrected chi connectivity index (χ0v) is 12.7. The summed E-state index contributed by atoms with van der Waals surface area (Å²) in [6.45, 7) is 7.34. The predicted octanol–water partition coefficient (Wildman–Crippen LogP) is 3.22. The molecule has 1 N–H and O–H groups in total. The van der Waals surface area contributed by atoms with Gasteiger partial charge in [0.1, 0.15) is 0 Å². The minimum atomic E-state index is -0.00573. The van der Waals surface area contributed by atoms with Gasteiger partial charge in [0.25, 0.3) is 0 Å². The van der Waals surface area contributed by atoms with Crippen LogP contribution in [0, 0.1) is 17.3 Å². The van der Waals surface area contributed by atoms with Crippen molar-refractivity contribution in [3.05, 3.63) is 0 Å². The highest BCUT2D eigenvalue weighted by molar-refractivity contribution is 5.80. The summed E-state index contributed by atoms with van der Waals surface area (Å²) in [5.41, 5.74) is 2.33. The molecule has 0 atom stereocenters. The lowest BCUT2D eigenvalue weighted by Crippen LogP contribution is -2.55. The van der Waals surface area contributed by atoms with E-state index in [0.717, 1.165) is 24.7 Å². The maximum absolute atomic E-state index is 9.64. The van der Waals surface area contributed by atoms with Crippen LogP contribution in [0.15, 0.2) is 0 Å². The number of rotatable bonds is 1. The van der Waals surface area contributed by atoms with Crippen LogP contribution in [-0.2, 0) is 0 Å². The fourth-order valence-corrected chi connectivity index (χ4v) is 4.47. The summed E-state index contributed by atoms with van der Waals surface area (Å²) in [6, 6.07) is 0. The Bertz CT molecular complexity index is 343. The molecule has 0 aromatic heterocycles. The summed E-state index contributed by atoms with van der Waals surface area (Å²) >= 11 is 0. The maximum Gasteiger partial charge on any atom is 0.154 e. The zero-order chi connectivity index (χ0) is 13.5. The van der Waals surface area contributed by atoms with Gasteiger partial charge in [0.05, 0.1) is 11.5 Å². The number of hydrogen-bond acceptors (Lipinski definition) is 1. The van der Waals surface area contributed by atoms with Crippen molar-refractivity contribution in [3.8, 4) is 0 Å². The van der Waals surface area contributed by atoms with Crippen LogP contribution in [-0.4, -0.2) is 34.6 Å². The van der Waals surface area contributed by atoms with Gasteiger partial charge in [0.2, 0.25) is 0 Å². The molecule has 0 amide bonds. The van der Waals surface area contributed by atoms with Gasteiger partial charge in [-0.15, -0.1) is 0 Å². The average molecular weight is 264 g/mol. The van der Waals surface area contributed by atoms with Gasteiger partial charge in [-0.2, -0.15) is 0 Å². The first kappa shape index (κ1) is 13.6. The molecule has 1 heterocycles. The van der Waals surface area contributed by atoms with Crippen molar-refractivity contribution in [1.29, 1.82) is 0 Å². The summed E-state index contributed by atoms with van der Waals surface area (Å²) in [5, 5.41) is 9.64. The average Bonchev–Trinajstić information content (AvgIpc) is 2.37. The maximum atomic E-state index is 9.64. The molecule has 0 unspecified atom stereocenters. The van der Waals surface area contributed by atoms with Crippen LogP contribution in [0.1, 0.15) is 65.2 Å². The van der Waals surface area contributed by atoms with E-state index in [2.05, 4.69) is 18.4 Å². The summed E-state index contributed by atoms with van der Waals surface area (Å²) < 4.78 is 2.67. The van der Waals surface area contributed by atoms with Crippen LogP contribution in [0.2, 0.25) is 0 Å². The van der Waals surface area contributed by atoms with E-state index in [1.54, 1.807) is 5.71 Å². The van der Waals surface area contributed by atoms with Gasteiger partial charge >= 0.3 is 0 Å². The van der Waals surface area contributed by atoms with Crippen LogP contribution < -0.4 is 0 Å². The molecule has 3 fully saturated rings. The van der Waals surface area contributed by atoms with Crippen molar-refractivity contribution in [2.45, 2.75) is 71.3 Å². The quantitative estimate of drug-likeness (QED) is 0.722. The Balaban J connectivity index is 1.54. The van der Waals surface area contributed by atoms with Gasteiger partial charge in [-0.3, -0.25) is 0 Å². The molecule has 1 aliphatic heterocycles. The highest BCUT2D eigenvalue weighted by atomic mass is 16.3. The number of nitrogens with zero attached hydrogens (tertiary/aromatic N) is 1. The lowest BCUT2D eigenvalue weighted by atomic mass is 9.68. The number of aliphatic hydroxyl groups excluding tert-OH is 1. The predicted molar refractivity (Wildman–Crippen MR) is 78.7 cm³/mol. The Morgan fingerprint density at radius 2 is 1.63 bits per heavy atom. The van der Waals surface area contributed by atoms with Crippen molar-refractivity contribution >= 4 is 5.71 Å². The minimum Gasteiger partial charge on any atom is -0.393 e. The Kier molecular flexibility index (Phi) is 3.72. The molecule has 2 aliphatic carbocycles. The molecule has 0 radical (unpaired) electrons. The Morgan fingerprint density at radius 1 is 1.05 bits per heavy atom. The second kappa shape index (κ2) is 5.20. The van der Waals surface area contributed by atoms with Crippen LogP contribution >= 0.6 is 0 Å². The fourth-order valence-electron chi connectivity index (χ4n) is 4.47. The molecule has 2 saturated carbocycles. The first-order chi connectivity index (χ1) is 9.08. The molecule has 3 aliphatic rings. The van der Waals surface area contributed by atoms with E-state index >= 15 is 0 Å². The van der Waals surface area contributed by atoms with Crippen molar-refractivity contribution in [2.75, 3.05) is 13.1 Å². The number of hydrogen-bond donors (Lipinski definition) is 1. The molecule has 3 rings (SSSR count). The third-order valence-electron chi connectivity index (χ3n) is 6.07. The van der Waals surface area contributed by atoms with Crippen molar-refractivity contribution in [3.63, 3.8) is 0 Å². The van der Waals surface area contributed by atoms with E-state index in [0.29, 0.717) is 5.41 Å². The molecular formula is C17H30NO+. The number of aliphatic hydroxyl groups is 1. The third kappa shape index (κ3) is 2.74. The van der Waals surface area contributed by atoms with Crippen LogP contribution in [0.3, 0.4) is 0 Å². The summed E-state index contributed by atoms with van der Waals surface area (Å²) in [7, 11) is 0. The fraction of sp³-hybridized carbons (Fsp3) is 0.941. The first-order valence-corrected chi connectivity index (χ1v) is 8.36. The Labute approximate surface area is 117 Å². The molecule has 2 heteroatoms. The second-order valence-electron chi connectivity index (χ2n) is 7.73. The zero-order valence-electron chi connectivity index (χ0n) is 12.7. The Hall–Kier alpha value is -0.370. The topological polar surface area (TPSA) is 23.2 Å². The highest BCUT2D eigenvalue weighted by Gasteiger charge is 2.50. The van der Waals surface area contributed by atoms with E-state index in [1.165, 1.54) is 51.6 Å². The van der Waals surface area contributed by atoms with E-state index in [4.69, 9.17) is 0 Å². The van der Waals surface area contributed by atoms with E-state index in [1.807, 2.05) is 0 Å². The molecule has 2 nitrogen and oxygen atoms in total. The molecular weight excluding hydrogens is 234 g/mol. The van der Waals surface area contributed by atoms with E-state index in [-0.39, 0.29) is 6.10 Å². The van der Waals surface area contributed by atoms with Crippen LogP contribution in [0.4, 0.5) is 0 Å². The first-order valence-electron chi connectivity index (χ1n) is 8.36. The smallest absolute Gasteiger partial charge is 0.154 e. The molecule has 19 heavy (non-hydrogen) atoms. The largest absolute Gasteiger partial charge is 0.393 e. The Morgan fingerprint density at radius 3 is 2.16 bits per heavy atom. The van der Waals surface area contributed by atoms with Gasteiger partial charge < -0.3 is 5.11 Å². The summed E-state index contributed by atoms with van der Waals surface area (Å²) in [6.07, 6.45) is 10.1.